The highest BCUT2D eigenvalue weighted by atomic mass is 79.9. The number of halogens is 1. The summed E-state index contributed by atoms with van der Waals surface area (Å²) in [7, 11) is 10.8. The minimum atomic E-state index is -0.946. The van der Waals surface area contributed by atoms with Crippen LogP contribution in [0, 0.1) is 0 Å². The molecule has 10 unspecified atom stereocenters. The Balaban J connectivity index is 0.000000325. The van der Waals surface area contributed by atoms with Gasteiger partial charge in [-0.25, -0.2) is 33.6 Å². The molecule has 5 fully saturated rings. The number of aromatic nitrogens is 8. The molecule has 5 aliphatic rings. The molecule has 5 aliphatic heterocycles. The van der Waals surface area contributed by atoms with E-state index in [9.17, 15) is 92.3 Å². The summed E-state index contributed by atoms with van der Waals surface area (Å²) in [5.74, 6) is -3.00. The van der Waals surface area contributed by atoms with Crippen molar-refractivity contribution < 1.29 is 92.1 Å². The third-order valence-electron chi connectivity index (χ3n) is 24.8. The summed E-state index contributed by atoms with van der Waals surface area (Å²) in [5, 5.41) is 58.9. The zero-order chi connectivity index (χ0) is 110. The summed E-state index contributed by atoms with van der Waals surface area (Å²) in [6.07, 6.45) is 19.2. The first-order chi connectivity index (χ1) is 68.9. The van der Waals surface area contributed by atoms with Crippen molar-refractivity contribution >= 4 is 151 Å². The van der Waals surface area contributed by atoms with Crippen molar-refractivity contribution in [3.05, 3.63) is 155 Å². The molecule has 0 radical (unpaired) electrons. The summed E-state index contributed by atoms with van der Waals surface area (Å²) < 4.78 is 38.9. The van der Waals surface area contributed by atoms with Crippen LogP contribution in [0.4, 0.5) is 14.4 Å². The molecule has 10 atom stereocenters. The SMILES string of the molecule is C1CCOC1.C=CCC(C)(O)CCCNC(=O)OC(C)(C)C.CP.Cn1c(=O)n(C2CCC(=O)NC2=O)c2ccc(/C=C/CC(C)(O)CCCNC(=O)OC(C)(C)C)cc21.Cn1c(=O)n(C2CCC(=O)NC2=O)c2ccc(Br)cc21.Cn1c(=O)n(C2CCC(=O)NC2=O)c2ccc(CCCC(C)(O)CCCN)cc21.Cn1c(=O)n(C2CCC(=O)NC2=O)c2ccc(CCCC(C)(O)CCCNC(=O)OC(C)(C)C)cc21.N.[2H]P. The summed E-state index contributed by atoms with van der Waals surface area (Å²) in [6, 6.07) is 19.7. The Morgan fingerprint density at radius 2 is 0.728 bits per heavy atom. The predicted molar refractivity (Wildman–Crippen MR) is 579 cm³/mol. The molecule has 11 amide bonds. The normalized spacial score (nSPS) is 18.0. The number of nitrogens with two attached hydrogens (primary N) is 1. The number of ether oxygens (including phenoxy) is 4. The number of carbonyl (C=O) groups is 11. The third kappa shape index (κ3) is 39.1. The Morgan fingerprint density at radius 1 is 0.442 bits per heavy atom. The number of imide groups is 4. The number of rotatable bonds is 32. The molecule has 0 aliphatic carbocycles. The van der Waals surface area contributed by atoms with E-state index < -0.39 is 105 Å². The first kappa shape index (κ1) is 125. The number of piperidine rings is 4. The zero-order valence-electron chi connectivity index (χ0n) is 89.7. The van der Waals surface area contributed by atoms with Crippen molar-refractivity contribution in [2.24, 2.45) is 33.9 Å². The Kier molecular flexibility index (Phi) is 48.3. The van der Waals surface area contributed by atoms with Crippen LogP contribution < -0.4 is 71.9 Å². The van der Waals surface area contributed by atoms with Gasteiger partial charge in [-0.2, -0.15) is 9.84 Å². The van der Waals surface area contributed by atoms with Crippen LogP contribution >= 0.6 is 35.0 Å². The molecule has 43 heteroatoms. The standard InChI is InChI=1S/C26H38N4O6.C26H36N4O6.C21H30N4O4.C13H12BrN3O3.C13H25NO3.C4H8O.CH5P.H3N.H3P/c2*1-25(2,3)36-23(33)27-15-7-14-26(4,35)13-6-8-17-9-10-18-20(16-17)29(5)24(34)30(18)19-11-12-21(31)28-22(19)32;1-21(29,11-4-12-22)10-3-5-14-6-7-15-17(13-14)24(2)20(28)25(15)16-8-9-18(26)23-19(16)27;1-16-10-6-7(14)2-3-8(10)17(13(16)20)9-4-5-11(18)15-12(9)19;1-6-8-13(5,16)9-7-10-14-11(15)17-12(2,3)4;1-2-4-5-3-1;1-2;;/h9-10,16,19,35H,6-8,11-15H2,1-5H3,(H,27,33)(H,28,31,32);6,8-10,16,19,35H,7,11-15H2,1-5H3,(H,27,33)(H,28,31,32);6-7,13,16,29H,3-5,8-12,22H2,1-2H3,(H,23,26,27);2-3,6,9H,4-5H2,1H3,(H,15,18,19);6,16H,1,7-10H2,2-5H3,(H,14,15);1-4H2;2H2,1H3;2*1H3/b;8-6+;;;;;;;/i;;;;;;;;1D. The maximum atomic E-state index is 12.9. The van der Waals surface area contributed by atoms with Gasteiger partial charge >= 0.3 is 41.0 Å². The summed E-state index contributed by atoms with van der Waals surface area (Å²) in [4.78, 5) is 180. The largest absolute Gasteiger partial charge is 0.444 e. The number of amides is 11. The molecular formula is C104H160BrN17O23P2. The Bertz CT molecular complexity index is 6170. The fraction of sp³-hybridized carbons (Fsp3) is 0.587. The Hall–Kier alpha value is -11.1. The minimum absolute atomic E-state index is 0. The lowest BCUT2D eigenvalue weighted by atomic mass is 9.92. The molecule has 0 saturated carbocycles. The molecule has 16 N–H and O–H groups in total. The lowest BCUT2D eigenvalue weighted by Crippen LogP contribution is -2.44. The number of nitrogens with zero attached hydrogens (tertiary/aromatic N) is 8. The summed E-state index contributed by atoms with van der Waals surface area (Å²) in [6.45, 7) is 32.9. The van der Waals surface area contributed by atoms with E-state index in [0.29, 0.717) is 144 Å². The van der Waals surface area contributed by atoms with Crippen LogP contribution in [0.5, 0.6) is 0 Å². The van der Waals surface area contributed by atoms with Crippen molar-refractivity contribution in [2.75, 3.05) is 46.1 Å². The van der Waals surface area contributed by atoms with E-state index >= 15 is 0 Å². The number of aryl methyl sites for hydroxylation is 6. The number of aliphatic hydroxyl groups is 4. The average molecular weight is 2160 g/mol. The van der Waals surface area contributed by atoms with Gasteiger partial charge < -0.3 is 67.2 Å². The molecule has 5 saturated heterocycles. The van der Waals surface area contributed by atoms with Crippen LogP contribution in [0.1, 0.15) is 285 Å². The lowest BCUT2D eigenvalue weighted by Gasteiger charge is -2.24. The minimum Gasteiger partial charge on any atom is -0.444 e. The third-order valence-corrected chi connectivity index (χ3v) is 25.3. The molecule has 0 bridgehead atoms. The van der Waals surface area contributed by atoms with Crippen LogP contribution in [-0.2, 0) is 98.3 Å². The van der Waals surface area contributed by atoms with Gasteiger partial charge in [-0.05, 0) is 309 Å². The Morgan fingerprint density at radius 3 is 1.03 bits per heavy atom. The van der Waals surface area contributed by atoms with Gasteiger partial charge in [0.05, 0.1) is 67.8 Å². The average Bonchev–Trinajstić information content (AvgIpc) is 1.62. The quantitative estimate of drug-likeness (QED) is 0.00612. The monoisotopic (exact) mass is 2160 g/mol. The zero-order valence-corrected chi connectivity index (χ0v) is 92.6. The molecule has 9 heterocycles. The molecule has 147 heavy (non-hydrogen) atoms. The van der Waals surface area contributed by atoms with Gasteiger partial charge in [0, 0.05) is 91.2 Å². The van der Waals surface area contributed by atoms with Crippen LogP contribution in [0.15, 0.2) is 115 Å². The number of alkyl carbamates (subject to hydrolysis) is 3. The van der Waals surface area contributed by atoms with Crippen LogP contribution in [-0.4, -0.2) is 209 Å². The number of hydrogen-bond donors (Lipinski definition) is 13. The van der Waals surface area contributed by atoms with E-state index in [4.69, 9.17) is 26.0 Å². The molecule has 13 rings (SSSR count). The Labute approximate surface area is 874 Å². The maximum Gasteiger partial charge on any atom is 0.407 e. The number of carbonyl (C=O) groups excluding carboxylic acids is 11. The fourth-order valence-corrected chi connectivity index (χ4v) is 17.7. The van der Waals surface area contributed by atoms with Crippen molar-refractivity contribution in [3.63, 3.8) is 0 Å². The van der Waals surface area contributed by atoms with Crippen molar-refractivity contribution in [1.29, 1.82) is 1.28 Å². The van der Waals surface area contributed by atoms with E-state index in [2.05, 4.69) is 69.0 Å². The maximum absolute atomic E-state index is 12.9. The number of hydrogen-bond acceptors (Lipinski definition) is 25. The molecule has 0 spiro atoms. The predicted octanol–water partition coefficient (Wildman–Crippen LogP) is 11.8. The van der Waals surface area contributed by atoms with Gasteiger partial charge in [0.25, 0.3) is 0 Å². The number of imidazole rings is 4. The smallest absolute Gasteiger partial charge is 0.407 e. The van der Waals surface area contributed by atoms with Gasteiger partial charge in [0.2, 0.25) is 47.3 Å². The van der Waals surface area contributed by atoms with E-state index in [-0.39, 0.29) is 84.6 Å². The van der Waals surface area contributed by atoms with E-state index in [0.717, 1.165) is 83.0 Å². The highest BCUT2D eigenvalue weighted by molar-refractivity contribution is 9.10. The van der Waals surface area contributed by atoms with Crippen molar-refractivity contribution in [3.8, 4) is 0 Å². The molecule has 40 nitrogen and oxygen atoms in total. The highest BCUT2D eigenvalue weighted by Crippen LogP contribution is 2.33. The second-order valence-electron chi connectivity index (χ2n) is 41.3. The van der Waals surface area contributed by atoms with Crippen molar-refractivity contribution in [2.45, 2.75) is 320 Å². The number of benzene rings is 4. The molecular weight excluding hydrogens is 2000 g/mol. The number of fused-ring (bicyclic) bond motifs is 4. The lowest BCUT2D eigenvalue weighted by molar-refractivity contribution is -0.137. The molecule has 8 aromatic rings. The van der Waals surface area contributed by atoms with Crippen LogP contribution in [0.25, 0.3) is 50.2 Å². The summed E-state index contributed by atoms with van der Waals surface area (Å²) in [5.41, 5.74) is 8.06. The fourth-order valence-electron chi connectivity index (χ4n) is 17.3. The van der Waals surface area contributed by atoms with E-state index in [1.54, 1.807) is 102 Å². The topological polar surface area (TPSA) is 559 Å². The first-order valence-electron chi connectivity index (χ1n) is 50.3. The molecule has 816 valence electrons. The number of nitrogens with one attached hydrogen (secondary N) is 7. The highest BCUT2D eigenvalue weighted by Gasteiger charge is 2.37. The van der Waals surface area contributed by atoms with Gasteiger partial charge in [-0.15, -0.1) is 15.8 Å². The van der Waals surface area contributed by atoms with Crippen LogP contribution in [0.3, 0.4) is 0 Å². The van der Waals surface area contributed by atoms with Gasteiger partial charge in [0.15, 0.2) is 0 Å². The van der Waals surface area contributed by atoms with E-state index in [1.165, 1.54) is 44.8 Å². The van der Waals surface area contributed by atoms with Gasteiger partial charge in [-0.1, -0.05) is 59.0 Å². The van der Waals surface area contributed by atoms with E-state index in [1.807, 2.05) is 128 Å². The van der Waals surface area contributed by atoms with Crippen LogP contribution in [0.2, 0.25) is 0 Å². The first-order valence-corrected chi connectivity index (χ1v) is 51.6. The second kappa shape index (κ2) is 57.0. The van der Waals surface area contributed by atoms with Crippen molar-refractivity contribution in [1.82, 2.24) is 79.9 Å². The summed E-state index contributed by atoms with van der Waals surface area (Å²) >= 11 is 3.37. The second-order valence-corrected chi connectivity index (χ2v) is 42.3. The van der Waals surface area contributed by atoms with Gasteiger partial charge in [-0.3, -0.25) is 96.2 Å². The molecule has 4 aromatic heterocycles. The molecule has 4 aromatic carbocycles. The van der Waals surface area contributed by atoms with Gasteiger partial charge in [0.1, 0.15) is 41.0 Å².